The van der Waals surface area contributed by atoms with Crippen molar-refractivity contribution < 1.29 is 4.79 Å². The van der Waals surface area contributed by atoms with E-state index < -0.39 is 0 Å². The van der Waals surface area contributed by atoms with E-state index in [1.54, 1.807) is 0 Å². The number of benzene rings is 1. The Hall–Kier alpha value is -1.08. The second-order valence-electron chi connectivity index (χ2n) is 4.64. The average molecular weight is 306 g/mol. The number of amides is 2. The summed E-state index contributed by atoms with van der Waals surface area (Å²) in [7, 11) is 0. The second-order valence-corrected chi connectivity index (χ2v) is 6.39. The maximum atomic E-state index is 11.8. The molecule has 1 aromatic carbocycles. The van der Waals surface area contributed by atoms with Crippen molar-refractivity contribution >= 4 is 36.7 Å². The van der Waals surface area contributed by atoms with Crippen molar-refractivity contribution in [3.8, 4) is 0 Å². The van der Waals surface area contributed by atoms with Crippen LogP contribution in [-0.2, 0) is 0 Å². The maximum absolute atomic E-state index is 11.8. The summed E-state index contributed by atoms with van der Waals surface area (Å²) in [5, 5.41) is 9.84. The Labute approximate surface area is 115 Å². The Kier molecular flexibility index (Phi) is 5.00. The molecule has 0 radical (unpaired) electrons. The number of carbonyl (C=O) groups is 1. The van der Waals surface area contributed by atoms with Gasteiger partial charge in [-0.05, 0) is 0 Å². The van der Waals surface area contributed by atoms with Crippen molar-refractivity contribution in [1.29, 1.82) is 0 Å². The summed E-state index contributed by atoms with van der Waals surface area (Å²) in [5.41, 5.74) is 0.849. The standard InChI is InChI=1S/C14H19AsN2O/c1-15-11-7-9-13(10-8-11)17-14(18)16-12-5-3-2-4-6-12/h7-10,12H,1-6H2,(H2,16,17,18). The van der Waals surface area contributed by atoms with E-state index in [2.05, 4.69) is 15.9 Å². The van der Waals surface area contributed by atoms with E-state index in [0.717, 1.165) is 18.5 Å². The summed E-state index contributed by atoms with van der Waals surface area (Å²) in [5.74, 6) is 0. The third kappa shape index (κ3) is 3.99. The van der Waals surface area contributed by atoms with Crippen molar-refractivity contribution in [3.05, 3.63) is 24.3 Å². The summed E-state index contributed by atoms with van der Waals surface area (Å²) < 4.78 is 1.27. The van der Waals surface area contributed by atoms with Gasteiger partial charge in [0.2, 0.25) is 0 Å². The van der Waals surface area contributed by atoms with E-state index in [9.17, 15) is 4.79 Å². The Bertz CT molecular complexity index is 410. The van der Waals surface area contributed by atoms with E-state index in [1.807, 2.05) is 24.3 Å². The van der Waals surface area contributed by atoms with Gasteiger partial charge >= 0.3 is 115 Å². The zero-order chi connectivity index (χ0) is 12.8. The number of urea groups is 1. The molecule has 1 aliphatic rings. The van der Waals surface area contributed by atoms with Crippen molar-refractivity contribution in [1.82, 2.24) is 5.32 Å². The summed E-state index contributed by atoms with van der Waals surface area (Å²) in [6.07, 6.45) is 5.97. The number of nitrogens with one attached hydrogen (secondary N) is 2. The van der Waals surface area contributed by atoms with Crippen LogP contribution in [0, 0.1) is 0 Å². The van der Waals surface area contributed by atoms with Gasteiger partial charge in [0.05, 0.1) is 0 Å². The first-order chi connectivity index (χ1) is 8.78. The quantitative estimate of drug-likeness (QED) is 0.823. The molecule has 0 spiro atoms. The first-order valence-corrected chi connectivity index (χ1v) is 8.69. The molecule has 96 valence electrons. The summed E-state index contributed by atoms with van der Waals surface area (Å²) in [4.78, 5) is 11.8. The molecular weight excluding hydrogens is 287 g/mol. The number of carbonyl (C=O) groups excluding carboxylic acids is 1. The number of rotatable bonds is 3. The first-order valence-electron chi connectivity index (χ1n) is 6.42. The van der Waals surface area contributed by atoms with Crippen LogP contribution < -0.4 is 15.0 Å². The second kappa shape index (κ2) is 6.74. The van der Waals surface area contributed by atoms with E-state index in [0.29, 0.717) is 6.04 Å². The van der Waals surface area contributed by atoms with Crippen molar-refractivity contribution in [2.75, 3.05) is 5.32 Å². The van der Waals surface area contributed by atoms with Gasteiger partial charge in [0.1, 0.15) is 0 Å². The fourth-order valence-electron chi connectivity index (χ4n) is 2.25. The van der Waals surface area contributed by atoms with Gasteiger partial charge in [0.25, 0.3) is 0 Å². The van der Waals surface area contributed by atoms with Crippen molar-refractivity contribution in [3.63, 3.8) is 0 Å². The molecule has 0 bridgehead atoms. The monoisotopic (exact) mass is 306 g/mol. The molecule has 0 aromatic heterocycles. The average Bonchev–Trinajstić information content (AvgIpc) is 2.40. The van der Waals surface area contributed by atoms with Gasteiger partial charge in [0.15, 0.2) is 0 Å². The van der Waals surface area contributed by atoms with E-state index in [-0.39, 0.29) is 21.3 Å². The minimum atomic E-state index is -0.0856. The van der Waals surface area contributed by atoms with E-state index >= 15 is 0 Å². The van der Waals surface area contributed by atoms with Crippen LogP contribution in [0.5, 0.6) is 0 Å². The van der Waals surface area contributed by atoms with Crippen LogP contribution in [0.3, 0.4) is 0 Å². The zero-order valence-corrected chi connectivity index (χ0v) is 12.4. The summed E-state index contributed by atoms with van der Waals surface area (Å²) in [6, 6.07) is 8.21. The van der Waals surface area contributed by atoms with E-state index in [4.69, 9.17) is 0 Å². The molecule has 0 saturated heterocycles. The molecular formula is C14H19AsN2O. The molecule has 1 fully saturated rings. The van der Waals surface area contributed by atoms with Crippen LogP contribution in [0.2, 0.25) is 0 Å². The number of anilines is 1. The molecule has 2 N–H and O–H groups in total. The van der Waals surface area contributed by atoms with Crippen molar-refractivity contribution in [2.45, 2.75) is 38.1 Å². The zero-order valence-electron chi connectivity index (χ0n) is 10.5. The Morgan fingerprint density at radius 3 is 2.44 bits per heavy atom. The number of hydrogen-bond acceptors (Lipinski definition) is 1. The van der Waals surface area contributed by atoms with Gasteiger partial charge in [-0.15, -0.1) is 0 Å². The van der Waals surface area contributed by atoms with Crippen LogP contribution in [0.4, 0.5) is 10.5 Å². The summed E-state index contributed by atoms with van der Waals surface area (Å²) in [6.45, 7) is 0. The van der Waals surface area contributed by atoms with Gasteiger partial charge in [0, 0.05) is 0 Å². The Balaban J connectivity index is 1.83. The van der Waals surface area contributed by atoms with Gasteiger partial charge in [-0.2, -0.15) is 0 Å². The predicted octanol–water partition coefficient (Wildman–Crippen LogP) is 1.90. The van der Waals surface area contributed by atoms with Crippen LogP contribution in [0.25, 0.3) is 0 Å². The topological polar surface area (TPSA) is 41.1 Å². The predicted molar refractivity (Wildman–Crippen MR) is 78.0 cm³/mol. The molecule has 18 heavy (non-hydrogen) atoms. The molecule has 1 aromatic rings. The molecule has 4 heteroatoms. The fraction of sp³-hybridized carbons (Fsp3) is 0.429. The molecule has 1 saturated carbocycles. The van der Waals surface area contributed by atoms with Gasteiger partial charge in [-0.25, -0.2) is 0 Å². The molecule has 0 heterocycles. The Morgan fingerprint density at radius 1 is 1.17 bits per heavy atom. The molecule has 0 aliphatic heterocycles. The molecule has 2 rings (SSSR count). The van der Waals surface area contributed by atoms with Gasteiger partial charge in [-0.1, -0.05) is 0 Å². The van der Waals surface area contributed by atoms with Gasteiger partial charge in [-0.3, -0.25) is 0 Å². The molecule has 0 unspecified atom stereocenters. The minimum absolute atomic E-state index is 0.0139. The van der Waals surface area contributed by atoms with Crippen LogP contribution in [0.15, 0.2) is 24.3 Å². The summed E-state index contributed by atoms with van der Waals surface area (Å²) >= 11 is 0.0139. The van der Waals surface area contributed by atoms with Crippen LogP contribution in [-0.4, -0.2) is 32.7 Å². The fourth-order valence-corrected chi connectivity index (χ4v) is 3.00. The molecule has 3 nitrogen and oxygen atoms in total. The van der Waals surface area contributed by atoms with Crippen molar-refractivity contribution in [2.24, 2.45) is 0 Å². The molecule has 2 amide bonds. The third-order valence-corrected chi connectivity index (χ3v) is 4.64. The van der Waals surface area contributed by atoms with Gasteiger partial charge < -0.3 is 0 Å². The third-order valence-electron chi connectivity index (χ3n) is 3.25. The SMILES string of the molecule is C=[As]c1ccc(NC(=O)NC2CCCCC2)cc1. The van der Waals surface area contributed by atoms with Crippen LogP contribution >= 0.6 is 0 Å². The molecule has 1 aliphatic carbocycles. The normalized spacial score (nSPS) is 16.4. The Morgan fingerprint density at radius 2 is 1.83 bits per heavy atom. The molecule has 0 atom stereocenters. The number of hydrogen-bond donors (Lipinski definition) is 2. The van der Waals surface area contributed by atoms with Crippen LogP contribution in [0.1, 0.15) is 32.1 Å². The first kappa shape index (κ1) is 13.4. The van der Waals surface area contributed by atoms with E-state index in [1.165, 1.54) is 23.6 Å².